The Morgan fingerprint density at radius 3 is 2.25 bits per heavy atom. The van der Waals surface area contributed by atoms with Crippen LogP contribution in [0.15, 0.2) is 9.59 Å². The summed E-state index contributed by atoms with van der Waals surface area (Å²) >= 11 is 0. The third-order valence-corrected chi connectivity index (χ3v) is 6.33. The van der Waals surface area contributed by atoms with Gasteiger partial charge in [-0.15, -0.1) is 0 Å². The lowest BCUT2D eigenvalue weighted by atomic mass is 9.92. The van der Waals surface area contributed by atoms with Crippen LogP contribution in [0.2, 0.25) is 0 Å². The van der Waals surface area contributed by atoms with E-state index in [1.165, 1.54) is 18.0 Å². The maximum Gasteiger partial charge on any atom is 0.332 e. The summed E-state index contributed by atoms with van der Waals surface area (Å²) in [6.07, 6.45) is 1.30. The molecular weight excluding hydrogens is 356 g/mol. The smallest absolute Gasteiger partial charge is 0.313 e. The van der Waals surface area contributed by atoms with Gasteiger partial charge in [-0.1, -0.05) is 13.8 Å². The minimum Gasteiger partial charge on any atom is -0.313 e. The van der Waals surface area contributed by atoms with E-state index >= 15 is 0 Å². The van der Waals surface area contributed by atoms with Crippen molar-refractivity contribution in [1.82, 2.24) is 28.0 Å². The highest BCUT2D eigenvalue weighted by Crippen LogP contribution is 2.23. The Hall–Kier alpha value is -2.35. The van der Waals surface area contributed by atoms with Gasteiger partial charge in [0.2, 0.25) is 5.78 Å². The molecule has 0 radical (unpaired) electrons. The molecule has 0 unspecified atom stereocenters. The zero-order valence-electron chi connectivity index (χ0n) is 17.7. The first kappa shape index (κ1) is 19.0. The molecule has 0 amide bonds. The summed E-state index contributed by atoms with van der Waals surface area (Å²) in [4.78, 5) is 32.3. The summed E-state index contributed by atoms with van der Waals surface area (Å²) in [6, 6.07) is 0. The molecule has 0 N–H and O–H groups in total. The molecule has 0 aromatic carbocycles. The predicted octanol–water partition coefficient (Wildman–Crippen LogP) is 1.28. The number of aromatic nitrogens is 5. The van der Waals surface area contributed by atoms with Gasteiger partial charge in [0.1, 0.15) is 0 Å². The average molecular weight is 387 g/mol. The number of nitrogens with zero attached hydrogens (tertiary/aromatic N) is 6. The van der Waals surface area contributed by atoms with Crippen molar-refractivity contribution in [3.8, 4) is 0 Å². The molecule has 3 aromatic rings. The predicted molar refractivity (Wildman–Crippen MR) is 110 cm³/mol. The van der Waals surface area contributed by atoms with Crippen molar-refractivity contribution in [1.29, 1.82) is 0 Å². The lowest BCUT2D eigenvalue weighted by Crippen LogP contribution is -2.40. The first-order valence-corrected chi connectivity index (χ1v) is 10.1. The number of piperidine rings is 1. The van der Waals surface area contributed by atoms with Crippen LogP contribution >= 0.6 is 0 Å². The summed E-state index contributed by atoms with van der Waals surface area (Å²) in [7, 11) is 3.18. The second-order valence-electron chi connectivity index (χ2n) is 8.65. The van der Waals surface area contributed by atoms with Crippen LogP contribution in [-0.4, -0.2) is 47.6 Å². The van der Waals surface area contributed by atoms with Crippen LogP contribution < -0.4 is 11.2 Å². The normalized spacial score (nSPS) is 21.2. The highest BCUT2D eigenvalue weighted by Gasteiger charge is 2.24. The lowest BCUT2D eigenvalue weighted by Gasteiger charge is -2.35. The fourth-order valence-corrected chi connectivity index (χ4v) is 4.87. The maximum absolute atomic E-state index is 12.8. The minimum atomic E-state index is -0.351. The highest BCUT2D eigenvalue weighted by atomic mass is 16.2. The van der Waals surface area contributed by atoms with E-state index < -0.39 is 0 Å². The molecule has 152 valence electrons. The molecule has 0 bridgehead atoms. The largest absolute Gasteiger partial charge is 0.332 e. The van der Waals surface area contributed by atoms with Crippen molar-refractivity contribution < 1.29 is 0 Å². The Morgan fingerprint density at radius 2 is 1.61 bits per heavy atom. The Morgan fingerprint density at radius 1 is 0.964 bits per heavy atom. The molecule has 1 fully saturated rings. The van der Waals surface area contributed by atoms with Gasteiger partial charge in [-0.05, 0) is 32.1 Å². The quantitative estimate of drug-likeness (QED) is 0.680. The summed E-state index contributed by atoms with van der Waals surface area (Å²) in [6.45, 7) is 12.8. The number of likely N-dealkylation sites (tertiary alicyclic amines) is 1. The van der Waals surface area contributed by atoms with E-state index in [0.717, 1.165) is 59.7 Å². The molecule has 28 heavy (non-hydrogen) atoms. The molecule has 3 aromatic heterocycles. The van der Waals surface area contributed by atoms with Crippen molar-refractivity contribution in [3.05, 3.63) is 32.2 Å². The van der Waals surface area contributed by atoms with Crippen LogP contribution in [0.25, 0.3) is 16.9 Å². The monoisotopic (exact) mass is 386 g/mol. The Labute approximate surface area is 164 Å². The van der Waals surface area contributed by atoms with Gasteiger partial charge in [-0.25, -0.2) is 4.79 Å². The van der Waals surface area contributed by atoms with Crippen molar-refractivity contribution in [2.45, 2.75) is 40.7 Å². The maximum atomic E-state index is 12.8. The molecule has 1 aliphatic rings. The van der Waals surface area contributed by atoms with E-state index in [1.807, 2.05) is 11.3 Å². The van der Waals surface area contributed by atoms with Crippen molar-refractivity contribution in [3.63, 3.8) is 0 Å². The molecular formula is C20H30N6O2. The van der Waals surface area contributed by atoms with Crippen molar-refractivity contribution in [2.75, 3.05) is 19.6 Å². The van der Waals surface area contributed by atoms with Gasteiger partial charge in [-0.2, -0.15) is 4.98 Å². The third kappa shape index (κ3) is 2.73. The molecule has 0 spiro atoms. The van der Waals surface area contributed by atoms with E-state index in [0.29, 0.717) is 11.2 Å². The second-order valence-corrected chi connectivity index (χ2v) is 8.65. The Kier molecular flexibility index (Phi) is 4.49. The van der Waals surface area contributed by atoms with Crippen LogP contribution in [0.5, 0.6) is 0 Å². The molecule has 1 aliphatic heterocycles. The third-order valence-electron chi connectivity index (χ3n) is 6.33. The standard InChI is InChI=1S/C20H30N6O2/c1-12-9-13(2)11-24(10-12)7-8-25-14(3)15(4)26-16-17(21-19(25)26)22(5)20(28)23(6)18(16)27/h12-13H,7-11H2,1-6H3/t12-,13-/m1/s1. The Balaban J connectivity index is 1.81. The van der Waals surface area contributed by atoms with Crippen LogP contribution in [0, 0.1) is 25.7 Å². The molecule has 4 rings (SSSR count). The van der Waals surface area contributed by atoms with Gasteiger partial charge in [0.05, 0.1) is 0 Å². The SMILES string of the molecule is Cc1c(C)n2c3c(=O)n(C)c(=O)n(C)c3nc2n1CCN1C[C@H](C)C[C@@H](C)C1. The number of aryl methyl sites for hydroxylation is 2. The van der Waals surface area contributed by atoms with Crippen LogP contribution in [0.4, 0.5) is 0 Å². The minimum absolute atomic E-state index is 0.301. The summed E-state index contributed by atoms with van der Waals surface area (Å²) < 4.78 is 6.70. The number of fused-ring (bicyclic) bond motifs is 3. The van der Waals surface area contributed by atoms with Gasteiger partial charge in [0, 0.05) is 51.7 Å². The zero-order valence-corrected chi connectivity index (χ0v) is 17.7. The van der Waals surface area contributed by atoms with Crippen molar-refractivity contribution in [2.24, 2.45) is 25.9 Å². The molecule has 0 aliphatic carbocycles. The van der Waals surface area contributed by atoms with Crippen LogP contribution in [-0.2, 0) is 20.6 Å². The molecule has 8 nitrogen and oxygen atoms in total. The number of hydrogen-bond donors (Lipinski definition) is 0. The van der Waals surface area contributed by atoms with E-state index in [1.54, 1.807) is 7.05 Å². The van der Waals surface area contributed by atoms with E-state index in [-0.39, 0.29) is 11.2 Å². The number of imidazole rings is 2. The second kappa shape index (κ2) is 6.62. The fraction of sp³-hybridized carbons (Fsp3) is 0.650. The van der Waals surface area contributed by atoms with E-state index in [9.17, 15) is 9.59 Å². The average Bonchev–Trinajstić information content (AvgIpc) is 3.13. The first-order chi connectivity index (χ1) is 13.2. The molecule has 1 saturated heterocycles. The van der Waals surface area contributed by atoms with Gasteiger partial charge >= 0.3 is 5.69 Å². The Bertz CT molecular complexity index is 1170. The van der Waals surface area contributed by atoms with E-state index in [4.69, 9.17) is 4.98 Å². The van der Waals surface area contributed by atoms with E-state index in [2.05, 4.69) is 30.2 Å². The highest BCUT2D eigenvalue weighted by molar-refractivity contribution is 5.76. The molecule has 4 heterocycles. The lowest BCUT2D eigenvalue weighted by molar-refractivity contribution is 0.137. The number of rotatable bonds is 3. The van der Waals surface area contributed by atoms with Gasteiger partial charge in [0.25, 0.3) is 5.56 Å². The molecule has 2 atom stereocenters. The summed E-state index contributed by atoms with van der Waals surface area (Å²) in [5, 5.41) is 0. The topological polar surface area (TPSA) is 69.5 Å². The van der Waals surface area contributed by atoms with Gasteiger partial charge < -0.3 is 9.47 Å². The summed E-state index contributed by atoms with van der Waals surface area (Å²) in [5.74, 6) is 2.19. The van der Waals surface area contributed by atoms with Crippen molar-refractivity contribution >= 4 is 16.9 Å². The number of hydrogen-bond acceptors (Lipinski definition) is 4. The van der Waals surface area contributed by atoms with Gasteiger partial charge in [-0.3, -0.25) is 18.3 Å². The molecule has 8 heteroatoms. The first-order valence-electron chi connectivity index (χ1n) is 10.1. The summed E-state index contributed by atoms with van der Waals surface area (Å²) in [5.41, 5.74) is 2.37. The molecule has 0 saturated carbocycles. The fourth-order valence-electron chi connectivity index (χ4n) is 4.87. The van der Waals surface area contributed by atoms with Crippen LogP contribution in [0.3, 0.4) is 0 Å². The van der Waals surface area contributed by atoms with Crippen LogP contribution in [0.1, 0.15) is 31.7 Å². The zero-order chi connectivity index (χ0) is 20.3. The van der Waals surface area contributed by atoms with Gasteiger partial charge in [0.15, 0.2) is 11.2 Å².